The number of benzene rings is 2. The largest absolute Gasteiger partial charge is 0.305 e. The first-order valence-corrected chi connectivity index (χ1v) is 7.91. The zero-order valence-corrected chi connectivity index (χ0v) is 15.3. The van der Waals surface area contributed by atoms with Crippen LogP contribution in [0.25, 0.3) is 0 Å². The van der Waals surface area contributed by atoms with E-state index in [1.54, 1.807) is 6.07 Å². The first-order chi connectivity index (χ1) is 10.3. The van der Waals surface area contributed by atoms with Crippen molar-refractivity contribution in [2.45, 2.75) is 6.54 Å². The second-order valence-electron chi connectivity index (χ2n) is 4.76. The highest BCUT2D eigenvalue weighted by molar-refractivity contribution is 9.10. The van der Waals surface area contributed by atoms with E-state index in [0.717, 1.165) is 16.6 Å². The van der Waals surface area contributed by atoms with Crippen LogP contribution < -0.4 is 0 Å². The SMILES string of the molecule is CN(C)Cc1ccc(F)cc1Br.O=Cc1ccc(F)cc1Br. The second kappa shape index (κ2) is 9.12. The molecule has 0 aliphatic rings. The van der Waals surface area contributed by atoms with Crippen LogP contribution in [0, 0.1) is 11.6 Å². The molecule has 0 atom stereocenters. The van der Waals surface area contributed by atoms with Gasteiger partial charge in [-0.25, -0.2) is 8.78 Å². The molecule has 0 saturated heterocycles. The lowest BCUT2D eigenvalue weighted by Gasteiger charge is -2.10. The van der Waals surface area contributed by atoms with Crippen molar-refractivity contribution in [3.8, 4) is 0 Å². The Hall–Kier alpha value is -1.11. The van der Waals surface area contributed by atoms with Gasteiger partial charge in [-0.15, -0.1) is 0 Å². The van der Waals surface area contributed by atoms with Crippen molar-refractivity contribution < 1.29 is 13.6 Å². The molecular formula is C16H15Br2F2NO. The van der Waals surface area contributed by atoms with E-state index in [-0.39, 0.29) is 11.6 Å². The molecule has 22 heavy (non-hydrogen) atoms. The summed E-state index contributed by atoms with van der Waals surface area (Å²) in [5.41, 5.74) is 1.56. The van der Waals surface area contributed by atoms with E-state index in [0.29, 0.717) is 16.3 Å². The van der Waals surface area contributed by atoms with Crippen molar-refractivity contribution in [3.05, 3.63) is 68.1 Å². The van der Waals surface area contributed by atoms with E-state index >= 15 is 0 Å². The van der Waals surface area contributed by atoms with Crippen molar-refractivity contribution in [2.75, 3.05) is 14.1 Å². The normalized spacial score (nSPS) is 10.1. The fourth-order valence-electron chi connectivity index (χ4n) is 1.59. The van der Waals surface area contributed by atoms with Crippen LogP contribution in [0.2, 0.25) is 0 Å². The molecule has 0 saturated carbocycles. The van der Waals surface area contributed by atoms with Crippen LogP contribution in [0.1, 0.15) is 15.9 Å². The standard InChI is InChI=1S/C9H11BrFN.C7H4BrFO/c1-12(2)6-7-3-4-8(11)5-9(7)10;8-7-3-6(9)2-1-5(7)4-10/h3-5H,6H2,1-2H3;1-4H. The number of hydrogen-bond donors (Lipinski definition) is 0. The lowest BCUT2D eigenvalue weighted by molar-refractivity contribution is 0.112. The quantitative estimate of drug-likeness (QED) is 0.630. The van der Waals surface area contributed by atoms with E-state index in [4.69, 9.17) is 0 Å². The molecular weight excluding hydrogens is 420 g/mol. The number of carbonyl (C=O) groups excluding carboxylic acids is 1. The maximum absolute atomic E-state index is 12.6. The lowest BCUT2D eigenvalue weighted by Crippen LogP contribution is -2.11. The minimum Gasteiger partial charge on any atom is -0.305 e. The highest BCUT2D eigenvalue weighted by Crippen LogP contribution is 2.18. The summed E-state index contributed by atoms with van der Waals surface area (Å²) in [6.07, 6.45) is 0.670. The minimum absolute atomic E-state index is 0.204. The zero-order chi connectivity index (χ0) is 16.7. The fourth-order valence-corrected chi connectivity index (χ4v) is 2.51. The molecule has 118 valence electrons. The van der Waals surface area contributed by atoms with Gasteiger partial charge in [-0.2, -0.15) is 0 Å². The van der Waals surface area contributed by atoms with Gasteiger partial charge in [0.1, 0.15) is 11.6 Å². The van der Waals surface area contributed by atoms with Gasteiger partial charge in [0, 0.05) is 21.1 Å². The van der Waals surface area contributed by atoms with Crippen molar-refractivity contribution in [2.24, 2.45) is 0 Å². The molecule has 0 amide bonds. The molecule has 0 spiro atoms. The van der Waals surface area contributed by atoms with Crippen molar-refractivity contribution >= 4 is 38.1 Å². The van der Waals surface area contributed by atoms with Gasteiger partial charge < -0.3 is 4.90 Å². The molecule has 0 fully saturated rings. The Bertz CT molecular complexity index is 648. The molecule has 0 bridgehead atoms. The van der Waals surface area contributed by atoms with Crippen LogP contribution in [0.15, 0.2) is 45.3 Å². The van der Waals surface area contributed by atoms with E-state index in [9.17, 15) is 13.6 Å². The maximum atomic E-state index is 12.6. The van der Waals surface area contributed by atoms with Gasteiger partial charge in [0.2, 0.25) is 0 Å². The molecule has 0 aliphatic carbocycles. The molecule has 2 rings (SSSR count). The molecule has 0 radical (unpaired) electrons. The summed E-state index contributed by atoms with van der Waals surface area (Å²) in [5, 5.41) is 0. The van der Waals surface area contributed by atoms with Crippen LogP contribution in [0.4, 0.5) is 8.78 Å². The predicted molar refractivity (Wildman–Crippen MR) is 91.0 cm³/mol. The molecule has 0 aromatic heterocycles. The van der Waals surface area contributed by atoms with Crippen molar-refractivity contribution in [1.29, 1.82) is 0 Å². The Balaban J connectivity index is 0.000000224. The topological polar surface area (TPSA) is 20.3 Å². The zero-order valence-electron chi connectivity index (χ0n) is 12.1. The molecule has 2 aromatic rings. The Morgan fingerprint density at radius 3 is 2.00 bits per heavy atom. The van der Waals surface area contributed by atoms with Gasteiger partial charge in [-0.05, 0) is 65.9 Å². The van der Waals surface area contributed by atoms with Crippen molar-refractivity contribution in [3.63, 3.8) is 0 Å². The highest BCUT2D eigenvalue weighted by Gasteiger charge is 2.01. The Morgan fingerprint density at radius 1 is 1.00 bits per heavy atom. The summed E-state index contributed by atoms with van der Waals surface area (Å²) < 4.78 is 26.3. The molecule has 2 nitrogen and oxygen atoms in total. The number of hydrogen-bond acceptors (Lipinski definition) is 2. The molecule has 0 N–H and O–H groups in total. The lowest BCUT2D eigenvalue weighted by atomic mass is 10.2. The van der Waals surface area contributed by atoms with Gasteiger partial charge in [0.15, 0.2) is 6.29 Å². The fraction of sp³-hybridized carbons (Fsp3) is 0.188. The Kier molecular flexibility index (Phi) is 7.85. The third-order valence-corrected chi connectivity index (χ3v) is 4.02. The Labute approximate surface area is 145 Å². The minimum atomic E-state index is -0.350. The van der Waals surface area contributed by atoms with Gasteiger partial charge >= 0.3 is 0 Å². The number of nitrogens with zero attached hydrogens (tertiary/aromatic N) is 1. The number of rotatable bonds is 3. The van der Waals surface area contributed by atoms with Gasteiger partial charge in [-0.1, -0.05) is 22.0 Å². The Morgan fingerprint density at radius 2 is 1.55 bits per heavy atom. The summed E-state index contributed by atoms with van der Waals surface area (Å²) in [6.45, 7) is 0.820. The maximum Gasteiger partial charge on any atom is 0.151 e. The van der Waals surface area contributed by atoms with Gasteiger partial charge in [0.25, 0.3) is 0 Å². The first kappa shape index (κ1) is 18.9. The number of halogens is 4. The summed E-state index contributed by atoms with van der Waals surface area (Å²) in [7, 11) is 3.96. The van der Waals surface area contributed by atoms with E-state index < -0.39 is 0 Å². The third kappa shape index (κ3) is 6.34. The van der Waals surface area contributed by atoms with Crippen LogP contribution in [0.5, 0.6) is 0 Å². The summed E-state index contributed by atoms with van der Waals surface area (Å²) in [5.74, 6) is -0.554. The summed E-state index contributed by atoms with van der Waals surface area (Å²) in [6, 6.07) is 8.67. The van der Waals surface area contributed by atoms with Crippen LogP contribution in [-0.2, 0) is 6.54 Å². The number of aldehydes is 1. The monoisotopic (exact) mass is 433 g/mol. The van der Waals surface area contributed by atoms with Crippen molar-refractivity contribution in [1.82, 2.24) is 4.90 Å². The first-order valence-electron chi connectivity index (χ1n) is 6.32. The van der Waals surface area contributed by atoms with Crippen LogP contribution >= 0.6 is 31.9 Å². The molecule has 2 aromatic carbocycles. The molecule has 0 unspecified atom stereocenters. The second-order valence-corrected chi connectivity index (χ2v) is 6.47. The van der Waals surface area contributed by atoms with E-state index in [1.807, 2.05) is 19.0 Å². The molecule has 0 heterocycles. The van der Waals surface area contributed by atoms with Gasteiger partial charge in [-0.3, -0.25) is 4.79 Å². The average molecular weight is 435 g/mol. The van der Waals surface area contributed by atoms with Crippen LogP contribution in [-0.4, -0.2) is 25.3 Å². The van der Waals surface area contributed by atoms with E-state index in [2.05, 4.69) is 31.9 Å². The number of carbonyl (C=O) groups is 1. The average Bonchev–Trinajstić information content (AvgIpc) is 2.42. The van der Waals surface area contributed by atoms with Gasteiger partial charge in [0.05, 0.1) is 0 Å². The molecule has 6 heteroatoms. The summed E-state index contributed by atoms with van der Waals surface area (Å²) >= 11 is 6.34. The molecule has 0 aliphatic heterocycles. The predicted octanol–water partition coefficient (Wildman–Crippen LogP) is 5.05. The summed E-state index contributed by atoms with van der Waals surface area (Å²) in [4.78, 5) is 12.2. The smallest absolute Gasteiger partial charge is 0.151 e. The van der Waals surface area contributed by atoms with Crippen LogP contribution in [0.3, 0.4) is 0 Å². The van der Waals surface area contributed by atoms with E-state index in [1.165, 1.54) is 30.3 Å². The highest BCUT2D eigenvalue weighted by atomic mass is 79.9. The third-order valence-electron chi connectivity index (χ3n) is 2.59.